The van der Waals surface area contributed by atoms with Gasteiger partial charge in [-0.05, 0) is 30.9 Å². The van der Waals surface area contributed by atoms with Gasteiger partial charge in [0.1, 0.15) is 5.82 Å². The second kappa shape index (κ2) is 6.55. The Morgan fingerprint density at radius 3 is 2.32 bits per heavy atom. The van der Waals surface area contributed by atoms with Crippen LogP contribution in [0.3, 0.4) is 0 Å². The Hall–Kier alpha value is -1.58. The summed E-state index contributed by atoms with van der Waals surface area (Å²) in [4.78, 5) is 17.9. The molecule has 0 aliphatic heterocycles. The van der Waals surface area contributed by atoms with Crippen LogP contribution in [0.2, 0.25) is 0 Å². The van der Waals surface area contributed by atoms with Crippen LogP contribution in [0.4, 0.5) is 5.82 Å². The molecule has 0 aliphatic carbocycles. The maximum Gasteiger partial charge on any atom is 0.335 e. The van der Waals surface area contributed by atoms with E-state index in [2.05, 4.69) is 23.7 Å². The SMILES string of the molecule is CCC(CC)N(C)c1cc(C(=O)O)cc(C(C)C)n1. The van der Waals surface area contributed by atoms with Gasteiger partial charge in [0.2, 0.25) is 0 Å². The number of hydrogen-bond acceptors (Lipinski definition) is 3. The minimum Gasteiger partial charge on any atom is -0.478 e. The molecule has 0 fully saturated rings. The fourth-order valence-corrected chi connectivity index (χ4v) is 2.16. The number of nitrogens with zero attached hydrogens (tertiary/aromatic N) is 2. The van der Waals surface area contributed by atoms with Crippen LogP contribution in [0.15, 0.2) is 12.1 Å². The molecule has 0 spiro atoms. The zero-order chi connectivity index (χ0) is 14.6. The fourth-order valence-electron chi connectivity index (χ4n) is 2.16. The summed E-state index contributed by atoms with van der Waals surface area (Å²) < 4.78 is 0. The molecule has 4 nitrogen and oxygen atoms in total. The van der Waals surface area contributed by atoms with Gasteiger partial charge in [-0.1, -0.05) is 27.7 Å². The number of aromatic nitrogens is 1. The molecule has 0 radical (unpaired) electrons. The molecule has 0 aliphatic rings. The van der Waals surface area contributed by atoms with Crippen molar-refractivity contribution < 1.29 is 9.90 Å². The van der Waals surface area contributed by atoms with Crippen LogP contribution < -0.4 is 4.90 Å². The van der Waals surface area contributed by atoms with E-state index in [4.69, 9.17) is 0 Å². The van der Waals surface area contributed by atoms with Crippen molar-refractivity contribution in [3.05, 3.63) is 23.4 Å². The molecule has 106 valence electrons. The number of carbonyl (C=O) groups is 1. The summed E-state index contributed by atoms with van der Waals surface area (Å²) in [7, 11) is 1.98. The van der Waals surface area contributed by atoms with E-state index in [-0.39, 0.29) is 5.92 Å². The van der Waals surface area contributed by atoms with Crippen LogP contribution in [0.25, 0.3) is 0 Å². The van der Waals surface area contributed by atoms with Crippen molar-refractivity contribution in [1.82, 2.24) is 4.98 Å². The predicted octanol–water partition coefficient (Wildman–Crippen LogP) is 3.53. The molecule has 1 rings (SSSR count). The molecule has 1 N–H and O–H groups in total. The molecule has 0 saturated heterocycles. The van der Waals surface area contributed by atoms with Crippen LogP contribution in [0, 0.1) is 0 Å². The molecule has 0 amide bonds. The Bertz CT molecular complexity index is 440. The average molecular weight is 264 g/mol. The number of pyridine rings is 1. The molecule has 0 aromatic carbocycles. The van der Waals surface area contributed by atoms with Gasteiger partial charge in [-0.25, -0.2) is 9.78 Å². The largest absolute Gasteiger partial charge is 0.478 e. The van der Waals surface area contributed by atoms with Crippen LogP contribution in [0.5, 0.6) is 0 Å². The predicted molar refractivity (Wildman–Crippen MR) is 78.1 cm³/mol. The Labute approximate surface area is 115 Å². The summed E-state index contributed by atoms with van der Waals surface area (Å²) >= 11 is 0. The van der Waals surface area contributed by atoms with Gasteiger partial charge in [0.15, 0.2) is 0 Å². The molecule has 0 bridgehead atoms. The van der Waals surface area contributed by atoms with Gasteiger partial charge in [0.05, 0.1) is 5.56 Å². The minimum absolute atomic E-state index is 0.216. The molecule has 1 aromatic heterocycles. The van der Waals surface area contributed by atoms with E-state index in [1.165, 1.54) is 0 Å². The summed E-state index contributed by atoms with van der Waals surface area (Å²) in [6, 6.07) is 3.71. The highest BCUT2D eigenvalue weighted by atomic mass is 16.4. The smallest absolute Gasteiger partial charge is 0.335 e. The first-order chi connectivity index (χ1) is 8.90. The van der Waals surface area contributed by atoms with Crippen molar-refractivity contribution in [2.75, 3.05) is 11.9 Å². The van der Waals surface area contributed by atoms with Gasteiger partial charge < -0.3 is 10.0 Å². The lowest BCUT2D eigenvalue weighted by Crippen LogP contribution is -2.31. The highest BCUT2D eigenvalue weighted by molar-refractivity contribution is 5.88. The molecule has 0 atom stereocenters. The molecule has 4 heteroatoms. The Morgan fingerprint density at radius 1 is 1.32 bits per heavy atom. The Kier molecular flexibility index (Phi) is 5.33. The number of hydrogen-bond donors (Lipinski definition) is 1. The van der Waals surface area contributed by atoms with Crippen LogP contribution in [-0.2, 0) is 0 Å². The zero-order valence-electron chi connectivity index (χ0n) is 12.5. The summed E-state index contributed by atoms with van der Waals surface area (Å²) in [5, 5.41) is 9.20. The van der Waals surface area contributed by atoms with E-state index in [0.717, 1.165) is 24.4 Å². The molecule has 0 unspecified atom stereocenters. The number of aromatic carboxylic acids is 1. The maximum atomic E-state index is 11.2. The van der Waals surface area contributed by atoms with Crippen LogP contribution in [0.1, 0.15) is 62.5 Å². The van der Waals surface area contributed by atoms with E-state index in [1.807, 2.05) is 20.9 Å². The first-order valence-electron chi connectivity index (χ1n) is 6.88. The number of carboxylic acids is 1. The van der Waals surface area contributed by atoms with E-state index < -0.39 is 5.97 Å². The standard InChI is InChI=1S/C15H24N2O2/c1-6-12(7-2)17(5)14-9-11(15(18)19)8-13(16-14)10(3)4/h8-10,12H,6-7H2,1-5H3,(H,18,19). The van der Waals surface area contributed by atoms with Crippen molar-refractivity contribution in [1.29, 1.82) is 0 Å². The number of carboxylic acid groups (broad SMARTS) is 1. The lowest BCUT2D eigenvalue weighted by molar-refractivity contribution is 0.0696. The van der Waals surface area contributed by atoms with Gasteiger partial charge in [0.25, 0.3) is 0 Å². The zero-order valence-corrected chi connectivity index (χ0v) is 12.5. The Balaban J connectivity index is 3.22. The molecule has 19 heavy (non-hydrogen) atoms. The first-order valence-corrected chi connectivity index (χ1v) is 6.88. The lowest BCUT2D eigenvalue weighted by atomic mass is 10.1. The summed E-state index contributed by atoms with van der Waals surface area (Å²) in [6.45, 7) is 8.31. The van der Waals surface area contributed by atoms with Crippen molar-refractivity contribution >= 4 is 11.8 Å². The summed E-state index contributed by atoms with van der Waals surface area (Å²) in [5.41, 5.74) is 1.14. The lowest BCUT2D eigenvalue weighted by Gasteiger charge is -2.28. The maximum absolute atomic E-state index is 11.2. The van der Waals surface area contributed by atoms with E-state index in [1.54, 1.807) is 12.1 Å². The third kappa shape index (κ3) is 3.69. The topological polar surface area (TPSA) is 53.4 Å². The second-order valence-corrected chi connectivity index (χ2v) is 5.18. The average Bonchev–Trinajstić information content (AvgIpc) is 2.39. The molecule has 0 saturated carbocycles. The van der Waals surface area contributed by atoms with Crippen molar-refractivity contribution in [3.63, 3.8) is 0 Å². The quantitative estimate of drug-likeness (QED) is 0.854. The molecular weight excluding hydrogens is 240 g/mol. The highest BCUT2D eigenvalue weighted by Gasteiger charge is 2.17. The molecule has 1 heterocycles. The van der Waals surface area contributed by atoms with Crippen molar-refractivity contribution in [3.8, 4) is 0 Å². The van der Waals surface area contributed by atoms with Crippen molar-refractivity contribution in [2.45, 2.75) is 52.5 Å². The summed E-state index contributed by atoms with van der Waals surface area (Å²) in [5.74, 6) is 0.0638. The van der Waals surface area contributed by atoms with Gasteiger partial charge in [-0.3, -0.25) is 0 Å². The monoisotopic (exact) mass is 264 g/mol. The number of anilines is 1. The normalized spacial score (nSPS) is 11.1. The Morgan fingerprint density at radius 2 is 1.89 bits per heavy atom. The molecule has 1 aromatic rings. The van der Waals surface area contributed by atoms with Gasteiger partial charge in [0, 0.05) is 18.8 Å². The van der Waals surface area contributed by atoms with E-state index in [9.17, 15) is 9.90 Å². The first kappa shape index (κ1) is 15.5. The van der Waals surface area contributed by atoms with Gasteiger partial charge in [-0.15, -0.1) is 0 Å². The third-order valence-electron chi connectivity index (χ3n) is 3.52. The highest BCUT2D eigenvalue weighted by Crippen LogP contribution is 2.22. The minimum atomic E-state index is -0.900. The van der Waals surface area contributed by atoms with Crippen molar-refractivity contribution in [2.24, 2.45) is 0 Å². The summed E-state index contributed by atoms with van der Waals surface area (Å²) in [6.07, 6.45) is 2.03. The van der Waals surface area contributed by atoms with Gasteiger partial charge >= 0.3 is 5.97 Å². The van der Waals surface area contributed by atoms with E-state index in [0.29, 0.717) is 11.6 Å². The van der Waals surface area contributed by atoms with Crippen LogP contribution >= 0.6 is 0 Å². The molecular formula is C15H24N2O2. The van der Waals surface area contributed by atoms with E-state index >= 15 is 0 Å². The third-order valence-corrected chi connectivity index (χ3v) is 3.52. The van der Waals surface area contributed by atoms with Gasteiger partial charge in [-0.2, -0.15) is 0 Å². The van der Waals surface area contributed by atoms with Crippen LogP contribution in [-0.4, -0.2) is 29.1 Å². The number of rotatable bonds is 6. The fraction of sp³-hybridized carbons (Fsp3) is 0.600. The second-order valence-electron chi connectivity index (χ2n) is 5.18.